The van der Waals surface area contributed by atoms with Gasteiger partial charge in [-0.15, -0.1) is 0 Å². The van der Waals surface area contributed by atoms with Gasteiger partial charge in [0, 0.05) is 33.2 Å². The van der Waals surface area contributed by atoms with Crippen molar-refractivity contribution in [3.8, 4) is 0 Å². The van der Waals surface area contributed by atoms with Crippen molar-refractivity contribution in [1.82, 2.24) is 15.1 Å². The summed E-state index contributed by atoms with van der Waals surface area (Å²) in [5.74, 6) is 1.88. The highest BCUT2D eigenvalue weighted by Gasteiger charge is 2.27. The van der Waals surface area contributed by atoms with Crippen molar-refractivity contribution in [2.45, 2.75) is 32.6 Å². The van der Waals surface area contributed by atoms with E-state index < -0.39 is 0 Å². The summed E-state index contributed by atoms with van der Waals surface area (Å²) < 4.78 is 0. The van der Waals surface area contributed by atoms with Gasteiger partial charge in [-0.1, -0.05) is 29.8 Å². The Balaban J connectivity index is 1.42. The molecule has 4 heteroatoms. The largest absolute Gasteiger partial charge is 0.356 e. The third kappa shape index (κ3) is 4.73. The van der Waals surface area contributed by atoms with E-state index in [0.29, 0.717) is 0 Å². The van der Waals surface area contributed by atoms with Crippen molar-refractivity contribution in [1.29, 1.82) is 0 Å². The molecule has 2 aliphatic rings. The fourth-order valence-corrected chi connectivity index (χ4v) is 3.91. The van der Waals surface area contributed by atoms with Gasteiger partial charge in [-0.3, -0.25) is 4.99 Å². The molecule has 4 nitrogen and oxygen atoms in total. The molecule has 0 radical (unpaired) electrons. The Bertz CT molecular complexity index is 531. The van der Waals surface area contributed by atoms with Crippen molar-refractivity contribution >= 4 is 5.96 Å². The third-order valence-electron chi connectivity index (χ3n) is 5.33. The predicted octanol–water partition coefficient (Wildman–Crippen LogP) is 2.53. The average Bonchev–Trinajstić information content (AvgIpc) is 3.26. The number of benzene rings is 1. The van der Waals surface area contributed by atoms with Crippen LogP contribution in [-0.2, 0) is 6.42 Å². The Kier molecular flexibility index (Phi) is 6.13. The first-order valence-electron chi connectivity index (χ1n) is 9.48. The molecule has 2 fully saturated rings. The molecule has 24 heavy (non-hydrogen) atoms. The summed E-state index contributed by atoms with van der Waals surface area (Å²) in [5, 5.41) is 3.55. The molecule has 0 amide bonds. The second-order valence-corrected chi connectivity index (χ2v) is 7.32. The summed E-state index contributed by atoms with van der Waals surface area (Å²) >= 11 is 0. The highest BCUT2D eigenvalue weighted by Crippen LogP contribution is 2.19. The van der Waals surface area contributed by atoms with Crippen LogP contribution in [0.3, 0.4) is 0 Å². The van der Waals surface area contributed by atoms with E-state index in [-0.39, 0.29) is 0 Å². The van der Waals surface area contributed by atoms with Gasteiger partial charge in [0.05, 0.1) is 0 Å². The number of aliphatic imine (C=N–C) groups is 1. The molecule has 2 heterocycles. The van der Waals surface area contributed by atoms with Gasteiger partial charge in [0.2, 0.25) is 0 Å². The lowest BCUT2D eigenvalue weighted by molar-refractivity contribution is 0.281. The van der Waals surface area contributed by atoms with Crippen LogP contribution < -0.4 is 5.32 Å². The van der Waals surface area contributed by atoms with Crippen molar-refractivity contribution in [3.05, 3.63) is 35.4 Å². The lowest BCUT2D eigenvalue weighted by Gasteiger charge is -2.23. The van der Waals surface area contributed by atoms with E-state index in [2.05, 4.69) is 51.3 Å². The maximum atomic E-state index is 4.50. The van der Waals surface area contributed by atoms with Gasteiger partial charge in [-0.05, 0) is 57.2 Å². The minimum Gasteiger partial charge on any atom is -0.356 e. The molecular weight excluding hydrogens is 296 g/mol. The number of nitrogens with one attached hydrogen (secondary N) is 1. The zero-order chi connectivity index (χ0) is 16.8. The number of nitrogens with zero attached hydrogens (tertiary/aromatic N) is 3. The lowest BCUT2D eigenvalue weighted by atomic mass is 10.1. The van der Waals surface area contributed by atoms with Crippen LogP contribution in [0.1, 0.15) is 30.4 Å². The smallest absolute Gasteiger partial charge is 0.193 e. The first kappa shape index (κ1) is 17.3. The summed E-state index contributed by atoms with van der Waals surface area (Å²) in [7, 11) is 1.90. The average molecular weight is 329 g/mol. The van der Waals surface area contributed by atoms with Crippen molar-refractivity contribution in [2.75, 3.05) is 46.3 Å². The zero-order valence-electron chi connectivity index (χ0n) is 15.3. The summed E-state index contributed by atoms with van der Waals surface area (Å²) in [5.41, 5.74) is 2.71. The summed E-state index contributed by atoms with van der Waals surface area (Å²) in [6.45, 7) is 9.26. The van der Waals surface area contributed by atoms with E-state index in [1.807, 2.05) is 7.05 Å². The van der Waals surface area contributed by atoms with Gasteiger partial charge in [0.15, 0.2) is 5.96 Å². The van der Waals surface area contributed by atoms with Crippen molar-refractivity contribution in [3.63, 3.8) is 0 Å². The second kappa shape index (κ2) is 8.52. The first-order valence-corrected chi connectivity index (χ1v) is 9.48. The fourth-order valence-electron chi connectivity index (χ4n) is 3.91. The van der Waals surface area contributed by atoms with E-state index >= 15 is 0 Å². The zero-order valence-corrected chi connectivity index (χ0v) is 15.3. The van der Waals surface area contributed by atoms with Crippen molar-refractivity contribution in [2.24, 2.45) is 10.9 Å². The quantitative estimate of drug-likeness (QED) is 0.666. The standard InChI is InChI=1S/C20H32N4/c1-17-5-7-18(8-6-17)9-11-22-20(21-2)24-14-10-19(16-24)15-23-12-3-4-13-23/h5-8,19H,3-4,9-16H2,1-2H3,(H,21,22). The van der Waals surface area contributed by atoms with Crippen molar-refractivity contribution < 1.29 is 0 Å². The molecule has 2 aliphatic heterocycles. The maximum absolute atomic E-state index is 4.50. The Labute approximate surface area is 146 Å². The molecule has 3 rings (SSSR count). The van der Waals surface area contributed by atoms with Crippen LogP contribution in [0.5, 0.6) is 0 Å². The molecular formula is C20H32N4. The topological polar surface area (TPSA) is 30.9 Å². The lowest BCUT2D eigenvalue weighted by Crippen LogP contribution is -2.41. The number of rotatable bonds is 5. The Morgan fingerprint density at radius 2 is 1.92 bits per heavy atom. The van der Waals surface area contributed by atoms with Gasteiger partial charge in [0.25, 0.3) is 0 Å². The molecule has 1 unspecified atom stereocenters. The Morgan fingerprint density at radius 1 is 1.17 bits per heavy atom. The normalized spacial score (nSPS) is 22.3. The minimum atomic E-state index is 0.804. The van der Waals surface area contributed by atoms with Gasteiger partial charge >= 0.3 is 0 Å². The van der Waals surface area contributed by atoms with Crippen LogP contribution in [0.4, 0.5) is 0 Å². The molecule has 0 spiro atoms. The first-order chi connectivity index (χ1) is 11.7. The highest BCUT2D eigenvalue weighted by molar-refractivity contribution is 5.80. The number of aryl methyl sites for hydroxylation is 1. The molecule has 0 saturated carbocycles. The van der Waals surface area contributed by atoms with Crippen LogP contribution in [-0.4, -0.2) is 62.1 Å². The molecule has 0 aromatic heterocycles. The molecule has 1 aromatic rings. The number of hydrogen-bond donors (Lipinski definition) is 1. The maximum Gasteiger partial charge on any atom is 0.193 e. The SMILES string of the molecule is CN=C(NCCc1ccc(C)cc1)N1CCC(CN2CCCC2)C1. The molecule has 132 valence electrons. The van der Waals surface area contributed by atoms with Gasteiger partial charge in [0.1, 0.15) is 0 Å². The number of hydrogen-bond acceptors (Lipinski definition) is 2. The second-order valence-electron chi connectivity index (χ2n) is 7.32. The van der Waals surface area contributed by atoms with E-state index in [0.717, 1.165) is 37.9 Å². The molecule has 2 saturated heterocycles. The van der Waals surface area contributed by atoms with Gasteiger partial charge in [-0.25, -0.2) is 0 Å². The highest BCUT2D eigenvalue weighted by atomic mass is 15.3. The third-order valence-corrected chi connectivity index (χ3v) is 5.33. The van der Waals surface area contributed by atoms with Crippen LogP contribution in [0.25, 0.3) is 0 Å². The van der Waals surface area contributed by atoms with E-state index in [1.165, 1.54) is 50.0 Å². The molecule has 1 aromatic carbocycles. The van der Waals surface area contributed by atoms with Crippen LogP contribution in [0.2, 0.25) is 0 Å². The summed E-state index contributed by atoms with van der Waals surface area (Å²) in [4.78, 5) is 9.58. The van der Waals surface area contributed by atoms with E-state index in [4.69, 9.17) is 0 Å². The van der Waals surface area contributed by atoms with Gasteiger partial charge in [-0.2, -0.15) is 0 Å². The van der Waals surface area contributed by atoms with Crippen LogP contribution >= 0.6 is 0 Å². The Morgan fingerprint density at radius 3 is 2.62 bits per heavy atom. The number of guanidine groups is 1. The molecule has 1 atom stereocenters. The van der Waals surface area contributed by atoms with Gasteiger partial charge < -0.3 is 15.1 Å². The minimum absolute atomic E-state index is 0.804. The van der Waals surface area contributed by atoms with E-state index in [9.17, 15) is 0 Å². The molecule has 0 aliphatic carbocycles. The van der Waals surface area contributed by atoms with Crippen LogP contribution in [0, 0.1) is 12.8 Å². The number of likely N-dealkylation sites (tertiary alicyclic amines) is 2. The molecule has 0 bridgehead atoms. The monoisotopic (exact) mass is 328 g/mol. The fraction of sp³-hybridized carbons (Fsp3) is 0.650. The summed E-state index contributed by atoms with van der Waals surface area (Å²) in [6, 6.07) is 8.82. The summed E-state index contributed by atoms with van der Waals surface area (Å²) in [6.07, 6.45) is 5.12. The Hall–Kier alpha value is -1.55. The van der Waals surface area contributed by atoms with E-state index in [1.54, 1.807) is 0 Å². The van der Waals surface area contributed by atoms with Crippen LogP contribution in [0.15, 0.2) is 29.3 Å². The molecule has 1 N–H and O–H groups in total. The predicted molar refractivity (Wildman–Crippen MR) is 102 cm³/mol.